The van der Waals surface area contributed by atoms with E-state index in [2.05, 4.69) is 27.7 Å². The smallest absolute Gasteiger partial charge is 0.169 e. The third-order valence-electron chi connectivity index (χ3n) is 5.78. The van der Waals surface area contributed by atoms with Crippen LogP contribution >= 0.6 is 0 Å². The Hall–Kier alpha value is -2.30. The lowest BCUT2D eigenvalue weighted by atomic mass is 9.94. The average molecular weight is 423 g/mol. The van der Waals surface area contributed by atoms with Gasteiger partial charge in [0, 0.05) is 12.8 Å². The summed E-state index contributed by atoms with van der Waals surface area (Å²) in [4.78, 5) is 26.1. The highest BCUT2D eigenvalue weighted by atomic mass is 16.8. The van der Waals surface area contributed by atoms with Gasteiger partial charge in [-0.2, -0.15) is 0 Å². The van der Waals surface area contributed by atoms with Crippen LogP contribution < -0.4 is 0 Å². The van der Waals surface area contributed by atoms with Gasteiger partial charge >= 0.3 is 0 Å². The highest BCUT2D eigenvalue weighted by Gasteiger charge is 2.48. The number of Topliss-reactive ketones (excluding diaryl/α,β-unsaturated/α-hetero) is 2. The van der Waals surface area contributed by atoms with E-state index in [9.17, 15) is 9.59 Å². The van der Waals surface area contributed by atoms with Crippen LogP contribution in [-0.2, 0) is 31.9 Å². The van der Waals surface area contributed by atoms with E-state index < -0.39 is 18.0 Å². The Bertz CT molecular complexity index is 832. The molecule has 1 aliphatic heterocycles. The van der Waals surface area contributed by atoms with Crippen LogP contribution in [0.5, 0.6) is 0 Å². The molecule has 0 saturated carbocycles. The van der Waals surface area contributed by atoms with Gasteiger partial charge in [0.05, 0.1) is 0 Å². The summed E-state index contributed by atoms with van der Waals surface area (Å²) in [5.74, 6) is -0.348. The van der Waals surface area contributed by atoms with Gasteiger partial charge in [0.25, 0.3) is 0 Å². The molecule has 1 saturated heterocycles. The molecule has 31 heavy (non-hydrogen) atoms. The molecular weight excluding hydrogens is 388 g/mol. The quantitative estimate of drug-likeness (QED) is 0.573. The van der Waals surface area contributed by atoms with Crippen molar-refractivity contribution in [1.29, 1.82) is 0 Å². The highest BCUT2D eigenvalue weighted by Crippen LogP contribution is 2.31. The number of benzene rings is 2. The number of carbonyl (C=O) groups is 2. The summed E-state index contributed by atoms with van der Waals surface area (Å²) >= 11 is 0. The predicted molar refractivity (Wildman–Crippen MR) is 122 cm³/mol. The fourth-order valence-electron chi connectivity index (χ4n) is 3.88. The molecule has 1 fully saturated rings. The van der Waals surface area contributed by atoms with E-state index in [0.717, 1.165) is 11.1 Å². The molecule has 0 N–H and O–H groups in total. The first-order valence-electron chi connectivity index (χ1n) is 11.1. The van der Waals surface area contributed by atoms with Crippen molar-refractivity contribution in [2.45, 2.75) is 84.2 Å². The summed E-state index contributed by atoms with van der Waals surface area (Å²) in [7, 11) is 0. The van der Waals surface area contributed by atoms with Crippen molar-refractivity contribution in [3.05, 3.63) is 70.8 Å². The zero-order chi connectivity index (χ0) is 22.8. The molecule has 2 aromatic rings. The molecule has 0 radical (unpaired) electrons. The van der Waals surface area contributed by atoms with Gasteiger partial charge in [-0.05, 0) is 47.9 Å². The number of carbonyl (C=O) groups excluding carboxylic acids is 2. The lowest BCUT2D eigenvalue weighted by Gasteiger charge is -2.16. The Morgan fingerprint density at radius 1 is 0.710 bits per heavy atom. The zero-order valence-corrected chi connectivity index (χ0v) is 19.5. The molecule has 166 valence electrons. The molecule has 4 heteroatoms. The van der Waals surface area contributed by atoms with Crippen molar-refractivity contribution < 1.29 is 19.1 Å². The summed E-state index contributed by atoms with van der Waals surface area (Å²) in [5.41, 5.74) is 4.29. The summed E-state index contributed by atoms with van der Waals surface area (Å²) < 4.78 is 11.7. The first kappa shape index (κ1) is 23.4. The fraction of sp³-hybridized carbons (Fsp3) is 0.481. The average Bonchev–Trinajstić information content (AvgIpc) is 3.04. The third-order valence-corrected chi connectivity index (χ3v) is 5.78. The Labute approximate surface area is 186 Å². The number of ketones is 2. The van der Waals surface area contributed by atoms with Crippen LogP contribution in [0.15, 0.2) is 48.5 Å². The highest BCUT2D eigenvalue weighted by molar-refractivity contribution is 5.95. The number of hydrogen-bond acceptors (Lipinski definition) is 4. The van der Waals surface area contributed by atoms with Gasteiger partial charge < -0.3 is 9.47 Å². The van der Waals surface area contributed by atoms with Crippen LogP contribution in [0.3, 0.4) is 0 Å². The molecule has 1 heterocycles. The number of hydrogen-bond donors (Lipinski definition) is 0. The van der Waals surface area contributed by atoms with Crippen molar-refractivity contribution in [1.82, 2.24) is 0 Å². The normalized spacial score (nSPS) is 20.4. The molecule has 4 nitrogen and oxygen atoms in total. The molecule has 0 spiro atoms. The van der Waals surface area contributed by atoms with Gasteiger partial charge in [-0.15, -0.1) is 0 Å². The van der Waals surface area contributed by atoms with Crippen LogP contribution in [0.25, 0.3) is 0 Å². The minimum absolute atomic E-state index is 0.128. The van der Waals surface area contributed by atoms with E-state index in [1.54, 1.807) is 13.8 Å². The third kappa shape index (κ3) is 5.90. The molecule has 2 aromatic carbocycles. The van der Waals surface area contributed by atoms with Crippen LogP contribution in [0.2, 0.25) is 0 Å². The number of ether oxygens (including phenoxy) is 2. The van der Waals surface area contributed by atoms with Crippen molar-refractivity contribution in [2.75, 3.05) is 0 Å². The summed E-state index contributed by atoms with van der Waals surface area (Å²) in [6.07, 6.45) is -1.34. The maximum absolute atomic E-state index is 13.1. The Balaban J connectivity index is 1.70. The minimum Gasteiger partial charge on any atom is -0.336 e. The van der Waals surface area contributed by atoms with Gasteiger partial charge in [0.1, 0.15) is 0 Å². The summed E-state index contributed by atoms with van der Waals surface area (Å²) in [6.45, 7) is 12.0. The Kier molecular flexibility index (Phi) is 7.13. The van der Waals surface area contributed by atoms with Crippen molar-refractivity contribution in [3.8, 4) is 0 Å². The maximum atomic E-state index is 13.1. The van der Waals surface area contributed by atoms with E-state index >= 15 is 0 Å². The predicted octanol–water partition coefficient (Wildman–Crippen LogP) is 5.38. The SMILES string of the molecule is CC(C)c1ccc(CC(=O)[C@@H]2OC(C)(C)O[C@H]2C(=O)Cc2ccc(C(C)C)cc2)cc1. The topological polar surface area (TPSA) is 52.6 Å². The Morgan fingerprint density at radius 2 is 1.03 bits per heavy atom. The first-order valence-corrected chi connectivity index (χ1v) is 11.1. The van der Waals surface area contributed by atoms with Crippen molar-refractivity contribution in [3.63, 3.8) is 0 Å². The van der Waals surface area contributed by atoms with E-state index in [0.29, 0.717) is 11.8 Å². The molecule has 1 aliphatic rings. The van der Waals surface area contributed by atoms with Crippen molar-refractivity contribution in [2.24, 2.45) is 0 Å². The monoisotopic (exact) mass is 422 g/mol. The van der Waals surface area contributed by atoms with Gasteiger partial charge in [-0.1, -0.05) is 76.2 Å². The van der Waals surface area contributed by atoms with Crippen LogP contribution in [0.4, 0.5) is 0 Å². The second-order valence-corrected chi connectivity index (χ2v) is 9.56. The molecule has 0 unspecified atom stereocenters. The molecule has 0 aromatic heterocycles. The van der Waals surface area contributed by atoms with Gasteiger partial charge in [0.15, 0.2) is 29.6 Å². The Morgan fingerprint density at radius 3 is 1.32 bits per heavy atom. The van der Waals surface area contributed by atoms with Gasteiger partial charge in [0.2, 0.25) is 0 Å². The van der Waals surface area contributed by atoms with Crippen molar-refractivity contribution >= 4 is 11.6 Å². The van der Waals surface area contributed by atoms with Gasteiger partial charge in [-0.3, -0.25) is 9.59 Å². The molecule has 0 aliphatic carbocycles. The summed E-state index contributed by atoms with van der Waals surface area (Å²) in [6, 6.07) is 16.1. The second kappa shape index (κ2) is 9.46. The first-order chi connectivity index (χ1) is 14.6. The lowest BCUT2D eigenvalue weighted by Crippen LogP contribution is -2.39. The largest absolute Gasteiger partial charge is 0.336 e. The van der Waals surface area contributed by atoms with E-state index in [1.807, 2.05) is 48.5 Å². The molecule has 3 rings (SSSR count). The lowest BCUT2D eigenvalue weighted by molar-refractivity contribution is -0.158. The van der Waals surface area contributed by atoms with Crippen LogP contribution in [0.1, 0.15) is 75.6 Å². The molecule has 0 amide bonds. The fourth-order valence-corrected chi connectivity index (χ4v) is 3.88. The molecular formula is C27H34O4. The minimum atomic E-state index is -0.969. The van der Waals surface area contributed by atoms with Crippen LogP contribution in [0, 0.1) is 0 Å². The van der Waals surface area contributed by atoms with E-state index in [4.69, 9.17) is 9.47 Å². The van der Waals surface area contributed by atoms with E-state index in [1.165, 1.54) is 11.1 Å². The molecule has 2 atom stereocenters. The molecule has 0 bridgehead atoms. The standard InChI is InChI=1S/C27H34O4/c1-17(2)21-11-7-19(8-12-21)15-23(28)25-26(31-27(5,6)30-25)24(29)16-20-9-13-22(14-10-20)18(3)4/h7-14,17-18,25-26H,15-16H2,1-6H3/t25-,26-/m0/s1. The van der Waals surface area contributed by atoms with Gasteiger partial charge in [-0.25, -0.2) is 0 Å². The number of rotatable bonds is 8. The zero-order valence-electron chi connectivity index (χ0n) is 19.5. The van der Waals surface area contributed by atoms with E-state index in [-0.39, 0.29) is 24.4 Å². The second-order valence-electron chi connectivity index (χ2n) is 9.56. The maximum Gasteiger partial charge on any atom is 0.169 e. The summed E-state index contributed by atoms with van der Waals surface area (Å²) in [5, 5.41) is 0. The van der Waals surface area contributed by atoms with Crippen LogP contribution in [-0.4, -0.2) is 29.6 Å².